The molecule has 40 heavy (non-hydrogen) atoms. The summed E-state index contributed by atoms with van der Waals surface area (Å²) >= 11 is 5.91. The number of thiocarbonyl (C=S) groups is 1. The number of rotatable bonds is 6. The zero-order valence-electron chi connectivity index (χ0n) is 22.4. The van der Waals surface area contributed by atoms with E-state index in [-0.39, 0.29) is 12.1 Å². The number of aromatic nitrogens is 2. The molecule has 2 N–H and O–H groups in total. The van der Waals surface area contributed by atoms with Gasteiger partial charge in [0, 0.05) is 34.3 Å². The van der Waals surface area contributed by atoms with E-state index in [0.717, 1.165) is 40.3 Å². The van der Waals surface area contributed by atoms with Crippen molar-refractivity contribution in [3.8, 4) is 5.69 Å². The van der Waals surface area contributed by atoms with Gasteiger partial charge in [-0.05, 0) is 85.5 Å². The smallest absolute Gasteiger partial charge is 0.229 e. The molecule has 2 atom stereocenters. The molecule has 0 spiro atoms. The molecule has 0 saturated carbocycles. The second-order valence-electron chi connectivity index (χ2n) is 10.1. The number of benzene rings is 3. The molecule has 0 aliphatic carbocycles. The summed E-state index contributed by atoms with van der Waals surface area (Å²) in [6.07, 6.45) is 2.93. The molecule has 1 aliphatic heterocycles. The van der Waals surface area contributed by atoms with E-state index in [1.54, 1.807) is 18.3 Å². The van der Waals surface area contributed by atoms with Crippen molar-refractivity contribution in [2.45, 2.75) is 25.9 Å². The number of sulfonamides is 1. The fourth-order valence-corrected chi connectivity index (χ4v) is 6.62. The Morgan fingerprint density at radius 3 is 2.38 bits per heavy atom. The number of nitrogens with zero attached hydrogens (tertiary/aromatic N) is 3. The Morgan fingerprint density at radius 2 is 1.65 bits per heavy atom. The first-order chi connectivity index (χ1) is 19.2. The van der Waals surface area contributed by atoms with Gasteiger partial charge in [0.25, 0.3) is 0 Å². The minimum absolute atomic E-state index is 0.189. The summed E-state index contributed by atoms with van der Waals surface area (Å²) in [5.74, 6) is 0. The van der Waals surface area contributed by atoms with Crippen molar-refractivity contribution in [2.24, 2.45) is 0 Å². The van der Waals surface area contributed by atoms with Gasteiger partial charge in [0.15, 0.2) is 5.11 Å². The molecule has 6 rings (SSSR count). The number of hydrogen-bond acceptors (Lipinski definition) is 4. The molecule has 0 radical (unpaired) electrons. The fourth-order valence-electron chi connectivity index (χ4n) is 5.71. The van der Waals surface area contributed by atoms with E-state index in [1.165, 1.54) is 10.8 Å². The molecule has 1 fully saturated rings. The predicted octanol–water partition coefficient (Wildman–Crippen LogP) is 6.19. The molecular weight excluding hydrogens is 539 g/mol. The highest BCUT2D eigenvalue weighted by Crippen LogP contribution is 2.44. The van der Waals surface area contributed by atoms with E-state index < -0.39 is 10.0 Å². The summed E-state index contributed by atoms with van der Waals surface area (Å²) in [4.78, 5) is 6.78. The third-order valence-electron chi connectivity index (χ3n) is 7.34. The van der Waals surface area contributed by atoms with Gasteiger partial charge in [-0.25, -0.2) is 8.42 Å². The molecule has 3 aromatic carbocycles. The van der Waals surface area contributed by atoms with Crippen molar-refractivity contribution in [3.63, 3.8) is 0 Å². The van der Waals surface area contributed by atoms with Crippen molar-refractivity contribution in [1.29, 1.82) is 0 Å². The lowest BCUT2D eigenvalue weighted by Gasteiger charge is -2.28. The van der Waals surface area contributed by atoms with E-state index in [4.69, 9.17) is 12.2 Å². The van der Waals surface area contributed by atoms with Crippen molar-refractivity contribution in [3.05, 3.63) is 120 Å². The molecule has 5 aromatic rings. The van der Waals surface area contributed by atoms with Gasteiger partial charge < -0.3 is 14.8 Å². The first kappa shape index (κ1) is 26.0. The average Bonchev–Trinajstić information content (AvgIpc) is 3.43. The normalized spacial score (nSPS) is 17.3. The lowest BCUT2D eigenvalue weighted by atomic mass is 9.96. The van der Waals surface area contributed by atoms with Crippen LogP contribution in [0.4, 0.5) is 11.4 Å². The van der Waals surface area contributed by atoms with Gasteiger partial charge in [-0.3, -0.25) is 9.71 Å². The summed E-state index contributed by atoms with van der Waals surface area (Å²) in [5, 5.41) is 6.48. The molecule has 9 heteroatoms. The molecule has 0 bridgehead atoms. The van der Waals surface area contributed by atoms with Gasteiger partial charge >= 0.3 is 0 Å². The van der Waals surface area contributed by atoms with Crippen LogP contribution in [0.5, 0.6) is 0 Å². The van der Waals surface area contributed by atoms with Crippen LogP contribution in [0.3, 0.4) is 0 Å². The number of hydrogen-bond donors (Lipinski definition) is 2. The van der Waals surface area contributed by atoms with Gasteiger partial charge in [0.1, 0.15) is 0 Å². The zero-order valence-corrected chi connectivity index (χ0v) is 24.0. The summed E-state index contributed by atoms with van der Waals surface area (Å²) in [6.45, 7) is 4.28. The predicted molar refractivity (Wildman–Crippen MR) is 166 cm³/mol. The van der Waals surface area contributed by atoms with Crippen LogP contribution in [0.1, 0.15) is 34.7 Å². The molecule has 1 saturated heterocycles. The average molecular weight is 568 g/mol. The van der Waals surface area contributed by atoms with E-state index in [9.17, 15) is 8.42 Å². The van der Waals surface area contributed by atoms with E-state index in [2.05, 4.69) is 86.9 Å². The Balaban J connectivity index is 1.50. The highest BCUT2D eigenvalue weighted by atomic mass is 32.2. The number of pyridine rings is 1. The summed E-state index contributed by atoms with van der Waals surface area (Å²) in [7, 11) is -3.38. The Bertz CT molecular complexity index is 1830. The summed E-state index contributed by atoms with van der Waals surface area (Å²) in [5.41, 5.74) is 6.74. The molecule has 0 unspecified atom stereocenters. The number of fused-ring (bicyclic) bond motifs is 1. The molecule has 0 amide bonds. The van der Waals surface area contributed by atoms with Crippen LogP contribution >= 0.6 is 12.2 Å². The monoisotopic (exact) mass is 567 g/mol. The Hall–Kier alpha value is -4.21. The van der Waals surface area contributed by atoms with Gasteiger partial charge in [-0.1, -0.05) is 42.5 Å². The minimum atomic E-state index is -3.38. The van der Waals surface area contributed by atoms with Crippen LogP contribution in [0, 0.1) is 13.8 Å². The highest BCUT2D eigenvalue weighted by Gasteiger charge is 2.42. The molecule has 7 nitrogen and oxygen atoms in total. The Kier molecular flexibility index (Phi) is 6.56. The quantitative estimate of drug-likeness (QED) is 0.238. The molecular formula is C31H29N5O2S2. The second kappa shape index (κ2) is 10.1. The Labute approximate surface area is 239 Å². The first-order valence-electron chi connectivity index (χ1n) is 13.0. The molecule has 202 valence electrons. The van der Waals surface area contributed by atoms with Crippen LogP contribution < -0.4 is 14.9 Å². The Morgan fingerprint density at radius 1 is 0.925 bits per heavy atom. The highest BCUT2D eigenvalue weighted by molar-refractivity contribution is 7.92. The maximum absolute atomic E-state index is 11.7. The van der Waals surface area contributed by atoms with Crippen LogP contribution in [-0.4, -0.2) is 29.3 Å². The van der Waals surface area contributed by atoms with Crippen LogP contribution in [0.15, 0.2) is 97.2 Å². The number of nitrogens with one attached hydrogen (secondary N) is 2. The van der Waals surface area contributed by atoms with Crippen molar-refractivity contribution in [2.75, 3.05) is 15.9 Å². The summed E-state index contributed by atoms with van der Waals surface area (Å²) < 4.78 is 28.3. The molecule has 2 aromatic heterocycles. The standard InChI is InChI=1S/C31H29N5O2S2/c1-20-19-26(21(2)35(20)28-13-8-10-22-9-4-5-11-25(22)28)30-29(27-12-6-7-18-32-27)33-31(39)36(30)24-16-14-23(15-17-24)34-40(3,37)38/h4-19,29-30,34H,1-3H3,(H,33,39)/t29-,30-/m0/s1. The lowest BCUT2D eigenvalue weighted by molar-refractivity contribution is 0.565. The van der Waals surface area contributed by atoms with E-state index >= 15 is 0 Å². The topological polar surface area (TPSA) is 79.3 Å². The lowest BCUT2D eigenvalue weighted by Crippen LogP contribution is -2.29. The number of anilines is 2. The SMILES string of the molecule is Cc1cc([C@H]2[C@H](c3ccccn3)NC(=S)N2c2ccc(NS(C)(=O)=O)cc2)c(C)n1-c1cccc2ccccc12. The van der Waals surface area contributed by atoms with Crippen molar-refractivity contribution >= 4 is 49.5 Å². The maximum Gasteiger partial charge on any atom is 0.229 e. The molecule has 3 heterocycles. The van der Waals surface area contributed by atoms with Crippen molar-refractivity contribution in [1.82, 2.24) is 14.9 Å². The van der Waals surface area contributed by atoms with Gasteiger partial charge in [-0.2, -0.15) is 0 Å². The zero-order chi connectivity index (χ0) is 28.0. The van der Waals surface area contributed by atoms with Gasteiger partial charge in [0.2, 0.25) is 10.0 Å². The van der Waals surface area contributed by atoms with E-state index in [0.29, 0.717) is 10.8 Å². The van der Waals surface area contributed by atoms with Crippen molar-refractivity contribution < 1.29 is 8.42 Å². The largest absolute Gasteiger partial charge is 0.351 e. The fraction of sp³-hybridized carbons (Fsp3) is 0.161. The summed E-state index contributed by atoms with van der Waals surface area (Å²) in [6, 6.07) is 29.9. The second-order valence-corrected chi connectivity index (χ2v) is 12.2. The number of aryl methyl sites for hydroxylation is 1. The third kappa shape index (κ3) is 4.71. The maximum atomic E-state index is 11.7. The van der Waals surface area contributed by atoms with E-state index in [1.807, 2.05) is 30.3 Å². The third-order valence-corrected chi connectivity index (χ3v) is 8.26. The molecule has 1 aliphatic rings. The van der Waals surface area contributed by atoms with Crippen LogP contribution in [0.2, 0.25) is 0 Å². The minimum Gasteiger partial charge on any atom is -0.351 e. The van der Waals surface area contributed by atoms with Crippen LogP contribution in [0.25, 0.3) is 16.5 Å². The first-order valence-corrected chi connectivity index (χ1v) is 15.3. The van der Waals surface area contributed by atoms with Gasteiger partial charge in [0.05, 0.1) is 29.7 Å². The van der Waals surface area contributed by atoms with Crippen LogP contribution in [-0.2, 0) is 10.0 Å². The van der Waals surface area contributed by atoms with Gasteiger partial charge in [-0.15, -0.1) is 0 Å².